The van der Waals surface area contributed by atoms with E-state index in [1.54, 1.807) is 24.3 Å². The van der Waals surface area contributed by atoms with Gasteiger partial charge in [0.15, 0.2) is 0 Å². The molecule has 0 unspecified atom stereocenters. The van der Waals surface area contributed by atoms with E-state index in [0.717, 1.165) is 10.6 Å². The van der Waals surface area contributed by atoms with Crippen molar-refractivity contribution in [3.8, 4) is 0 Å². The fourth-order valence-corrected chi connectivity index (χ4v) is 4.02. The number of methoxy groups -OCH3 is 2. The molecule has 0 saturated heterocycles. The summed E-state index contributed by atoms with van der Waals surface area (Å²) in [5.74, 6) is -2.13. The second-order valence-corrected chi connectivity index (χ2v) is 8.81. The van der Waals surface area contributed by atoms with Crippen molar-refractivity contribution < 1.29 is 32.3 Å². The van der Waals surface area contributed by atoms with E-state index in [4.69, 9.17) is 0 Å². The molecule has 0 aliphatic heterocycles. The van der Waals surface area contributed by atoms with Crippen LogP contribution >= 0.6 is 15.9 Å². The second kappa shape index (κ2) is 9.72. The number of nitrogens with one attached hydrogen (secondary N) is 1. The van der Waals surface area contributed by atoms with Gasteiger partial charge in [-0.3, -0.25) is 9.10 Å². The summed E-state index contributed by atoms with van der Waals surface area (Å²) in [6, 6.07) is 10.4. The zero-order valence-corrected chi connectivity index (χ0v) is 18.7. The van der Waals surface area contributed by atoms with Gasteiger partial charge in [-0.05, 0) is 46.3 Å². The van der Waals surface area contributed by atoms with Crippen molar-refractivity contribution >= 4 is 55.2 Å². The SMILES string of the molecule is COC(=O)c1cc(NC(=O)CN(c2ccccc2Br)S(C)(=O)=O)cc(C(=O)OC)c1. The van der Waals surface area contributed by atoms with Gasteiger partial charge in [-0.2, -0.15) is 0 Å². The van der Waals surface area contributed by atoms with Crippen LogP contribution in [-0.4, -0.2) is 53.3 Å². The Morgan fingerprint density at radius 2 is 1.53 bits per heavy atom. The molecule has 2 aromatic carbocycles. The van der Waals surface area contributed by atoms with E-state index < -0.39 is 34.4 Å². The summed E-state index contributed by atoms with van der Waals surface area (Å²) in [6.45, 7) is -0.530. The highest BCUT2D eigenvalue weighted by molar-refractivity contribution is 9.10. The van der Waals surface area contributed by atoms with Crippen LogP contribution in [0.3, 0.4) is 0 Å². The predicted octanol–water partition coefficient (Wildman–Crippen LogP) is 2.43. The summed E-state index contributed by atoms with van der Waals surface area (Å²) in [7, 11) is -1.44. The van der Waals surface area contributed by atoms with Crippen LogP contribution in [0.15, 0.2) is 46.9 Å². The van der Waals surface area contributed by atoms with Gasteiger partial charge in [0.25, 0.3) is 0 Å². The number of hydrogen-bond acceptors (Lipinski definition) is 7. The van der Waals surface area contributed by atoms with Gasteiger partial charge in [-0.1, -0.05) is 12.1 Å². The molecular formula is C19H19BrN2O7S. The smallest absolute Gasteiger partial charge is 0.337 e. The van der Waals surface area contributed by atoms with Crippen molar-refractivity contribution in [1.29, 1.82) is 0 Å². The summed E-state index contributed by atoms with van der Waals surface area (Å²) in [5, 5.41) is 2.50. The molecule has 0 saturated carbocycles. The number of benzene rings is 2. The van der Waals surface area contributed by atoms with Crippen LogP contribution in [-0.2, 0) is 24.3 Å². The molecule has 1 amide bonds. The molecule has 30 heavy (non-hydrogen) atoms. The standard InChI is InChI=1S/C19H19BrN2O7S/c1-28-18(24)12-8-13(19(25)29-2)10-14(9-12)21-17(23)11-22(30(3,26)27)16-7-5-4-6-15(16)20/h4-10H,11H2,1-3H3,(H,21,23). The van der Waals surface area contributed by atoms with Crippen LogP contribution in [0.5, 0.6) is 0 Å². The largest absolute Gasteiger partial charge is 0.465 e. The lowest BCUT2D eigenvalue weighted by Gasteiger charge is -2.23. The van der Waals surface area contributed by atoms with Crippen LogP contribution in [0, 0.1) is 0 Å². The van der Waals surface area contributed by atoms with Crippen molar-refractivity contribution in [2.45, 2.75) is 0 Å². The van der Waals surface area contributed by atoms with Crippen LogP contribution in [0.25, 0.3) is 0 Å². The molecule has 0 aromatic heterocycles. The minimum atomic E-state index is -3.78. The topological polar surface area (TPSA) is 119 Å². The Kier molecular flexibility index (Phi) is 7.57. The third kappa shape index (κ3) is 5.80. The summed E-state index contributed by atoms with van der Waals surface area (Å²) in [6.07, 6.45) is 0.979. The third-order valence-electron chi connectivity index (χ3n) is 3.87. The zero-order valence-electron chi connectivity index (χ0n) is 16.3. The monoisotopic (exact) mass is 498 g/mol. The van der Waals surface area contributed by atoms with Crippen molar-refractivity contribution in [3.63, 3.8) is 0 Å². The fraction of sp³-hybridized carbons (Fsp3) is 0.211. The number of para-hydroxylation sites is 1. The summed E-state index contributed by atoms with van der Waals surface area (Å²) in [4.78, 5) is 36.3. The number of carbonyl (C=O) groups excluding carboxylic acids is 3. The molecule has 0 atom stereocenters. The molecule has 0 heterocycles. The van der Waals surface area contributed by atoms with E-state index in [0.29, 0.717) is 4.47 Å². The Morgan fingerprint density at radius 1 is 1.00 bits per heavy atom. The molecule has 0 aliphatic rings. The number of ether oxygens (including phenoxy) is 2. The Labute approximate surface area is 182 Å². The lowest BCUT2D eigenvalue weighted by atomic mass is 10.1. The first-order chi connectivity index (χ1) is 14.1. The molecule has 160 valence electrons. The number of nitrogens with zero attached hydrogens (tertiary/aromatic N) is 1. The Morgan fingerprint density at radius 3 is 2.00 bits per heavy atom. The van der Waals surface area contributed by atoms with E-state index in [2.05, 4.69) is 30.7 Å². The molecule has 0 bridgehead atoms. The van der Waals surface area contributed by atoms with Crippen molar-refractivity contribution in [2.24, 2.45) is 0 Å². The van der Waals surface area contributed by atoms with Gasteiger partial charge in [-0.15, -0.1) is 0 Å². The number of carbonyl (C=O) groups is 3. The molecule has 2 rings (SSSR count). The molecule has 0 aliphatic carbocycles. The van der Waals surface area contributed by atoms with E-state index in [1.165, 1.54) is 32.4 Å². The molecule has 0 radical (unpaired) electrons. The highest BCUT2D eigenvalue weighted by Gasteiger charge is 2.23. The number of halogens is 1. The summed E-state index contributed by atoms with van der Waals surface area (Å²) < 4.78 is 35.2. The number of esters is 2. The molecular weight excluding hydrogens is 480 g/mol. The van der Waals surface area contributed by atoms with Crippen LogP contribution in [0.4, 0.5) is 11.4 Å². The minimum Gasteiger partial charge on any atom is -0.465 e. The summed E-state index contributed by atoms with van der Waals surface area (Å²) >= 11 is 3.27. The maximum absolute atomic E-state index is 12.6. The molecule has 1 N–H and O–H groups in total. The third-order valence-corrected chi connectivity index (χ3v) is 5.66. The Balaban J connectivity index is 2.34. The zero-order chi connectivity index (χ0) is 22.5. The Hall–Kier alpha value is -2.92. The highest BCUT2D eigenvalue weighted by Crippen LogP contribution is 2.27. The van der Waals surface area contributed by atoms with E-state index in [9.17, 15) is 22.8 Å². The number of sulfonamides is 1. The van der Waals surface area contributed by atoms with Gasteiger partial charge in [0.2, 0.25) is 15.9 Å². The number of anilines is 2. The molecule has 11 heteroatoms. The van der Waals surface area contributed by atoms with Crippen LogP contribution in [0.2, 0.25) is 0 Å². The molecule has 0 spiro atoms. The first-order valence-corrected chi connectivity index (χ1v) is 11.0. The van der Waals surface area contributed by atoms with E-state index in [1.807, 2.05) is 0 Å². The maximum atomic E-state index is 12.6. The Bertz CT molecular complexity index is 1050. The maximum Gasteiger partial charge on any atom is 0.337 e. The molecule has 0 fully saturated rings. The lowest BCUT2D eigenvalue weighted by Crippen LogP contribution is -2.37. The van der Waals surface area contributed by atoms with Crippen molar-refractivity contribution in [1.82, 2.24) is 0 Å². The number of hydrogen-bond donors (Lipinski definition) is 1. The first kappa shape index (κ1) is 23.4. The molecule has 9 nitrogen and oxygen atoms in total. The van der Waals surface area contributed by atoms with Crippen molar-refractivity contribution in [3.05, 3.63) is 58.1 Å². The average Bonchev–Trinajstić information content (AvgIpc) is 2.70. The fourth-order valence-electron chi connectivity index (χ4n) is 2.54. The molecule has 2 aromatic rings. The van der Waals surface area contributed by atoms with Gasteiger partial charge in [0.1, 0.15) is 6.54 Å². The van der Waals surface area contributed by atoms with Gasteiger partial charge in [0, 0.05) is 10.2 Å². The van der Waals surface area contributed by atoms with Gasteiger partial charge >= 0.3 is 11.9 Å². The summed E-state index contributed by atoms with van der Waals surface area (Å²) in [5.41, 5.74) is 0.417. The minimum absolute atomic E-state index is 0.0153. The normalized spacial score (nSPS) is 10.8. The van der Waals surface area contributed by atoms with Crippen LogP contribution < -0.4 is 9.62 Å². The average molecular weight is 499 g/mol. The second-order valence-electron chi connectivity index (χ2n) is 6.05. The van der Waals surface area contributed by atoms with Crippen LogP contribution in [0.1, 0.15) is 20.7 Å². The quantitative estimate of drug-likeness (QED) is 0.582. The van der Waals surface area contributed by atoms with Crippen molar-refractivity contribution in [2.75, 3.05) is 36.6 Å². The first-order valence-electron chi connectivity index (χ1n) is 8.40. The van der Waals surface area contributed by atoms with Gasteiger partial charge < -0.3 is 14.8 Å². The van der Waals surface area contributed by atoms with Gasteiger partial charge in [0.05, 0.1) is 37.3 Å². The lowest BCUT2D eigenvalue weighted by molar-refractivity contribution is -0.114. The number of rotatable bonds is 7. The van der Waals surface area contributed by atoms with E-state index in [-0.39, 0.29) is 22.5 Å². The number of amides is 1. The van der Waals surface area contributed by atoms with Gasteiger partial charge in [-0.25, -0.2) is 18.0 Å². The predicted molar refractivity (Wildman–Crippen MR) is 114 cm³/mol. The van der Waals surface area contributed by atoms with E-state index >= 15 is 0 Å². The highest BCUT2D eigenvalue weighted by atomic mass is 79.9.